The maximum absolute atomic E-state index is 5.15. The monoisotopic (exact) mass is 229 g/mol. The molecule has 1 aromatic heterocycles. The van der Waals surface area contributed by atoms with Gasteiger partial charge in [-0.15, -0.1) is 0 Å². The van der Waals surface area contributed by atoms with Crippen LogP contribution in [0.3, 0.4) is 0 Å². The standard InChI is InChI=1S/C13H15N3O/c1-2-9-3-5-10(6-4-9)12-15-13(17-16-12)14-11-7-8-11/h3-6,11H,2,7-8H2,1H3,(H,14,15,16). The highest BCUT2D eigenvalue weighted by Gasteiger charge is 2.23. The maximum atomic E-state index is 5.15. The molecule has 1 heterocycles. The van der Waals surface area contributed by atoms with Crippen LogP contribution in [0.25, 0.3) is 11.4 Å². The Kier molecular flexibility index (Phi) is 2.55. The molecule has 17 heavy (non-hydrogen) atoms. The van der Waals surface area contributed by atoms with E-state index >= 15 is 0 Å². The first-order valence-corrected chi connectivity index (χ1v) is 6.04. The average Bonchev–Trinajstić information content (AvgIpc) is 3.06. The van der Waals surface area contributed by atoms with Crippen molar-refractivity contribution in [2.45, 2.75) is 32.2 Å². The molecule has 0 unspecified atom stereocenters. The largest absolute Gasteiger partial charge is 0.335 e. The van der Waals surface area contributed by atoms with Crippen LogP contribution in [-0.2, 0) is 6.42 Å². The molecule has 0 atom stereocenters. The lowest BCUT2D eigenvalue weighted by atomic mass is 10.1. The first kappa shape index (κ1) is 10.3. The topological polar surface area (TPSA) is 51.0 Å². The zero-order valence-electron chi connectivity index (χ0n) is 9.81. The predicted octanol–water partition coefficient (Wildman–Crippen LogP) is 2.87. The van der Waals surface area contributed by atoms with Crippen molar-refractivity contribution in [2.75, 3.05) is 5.32 Å². The first-order chi connectivity index (χ1) is 8.35. The summed E-state index contributed by atoms with van der Waals surface area (Å²) in [6.45, 7) is 2.14. The fourth-order valence-electron chi connectivity index (χ4n) is 1.69. The third kappa shape index (κ3) is 2.30. The van der Waals surface area contributed by atoms with Crippen molar-refractivity contribution < 1.29 is 4.52 Å². The van der Waals surface area contributed by atoms with E-state index in [0.29, 0.717) is 17.9 Å². The maximum Gasteiger partial charge on any atom is 0.322 e. The molecular weight excluding hydrogens is 214 g/mol. The van der Waals surface area contributed by atoms with E-state index in [-0.39, 0.29) is 0 Å². The van der Waals surface area contributed by atoms with Gasteiger partial charge in [0.2, 0.25) is 5.82 Å². The molecule has 0 saturated heterocycles. The van der Waals surface area contributed by atoms with Crippen molar-refractivity contribution in [3.63, 3.8) is 0 Å². The Labute approximate surface area is 100 Å². The second-order valence-corrected chi connectivity index (χ2v) is 4.39. The molecule has 3 rings (SSSR count). The fraction of sp³-hybridized carbons (Fsp3) is 0.385. The van der Waals surface area contributed by atoms with E-state index in [4.69, 9.17) is 4.52 Å². The van der Waals surface area contributed by atoms with Gasteiger partial charge >= 0.3 is 6.01 Å². The van der Waals surface area contributed by atoms with E-state index in [1.807, 2.05) is 12.1 Å². The van der Waals surface area contributed by atoms with E-state index < -0.39 is 0 Å². The van der Waals surface area contributed by atoms with Crippen molar-refractivity contribution in [3.05, 3.63) is 29.8 Å². The summed E-state index contributed by atoms with van der Waals surface area (Å²) < 4.78 is 5.15. The molecule has 0 aliphatic heterocycles. The molecule has 0 bridgehead atoms. The van der Waals surface area contributed by atoms with Crippen LogP contribution in [0.15, 0.2) is 28.8 Å². The number of hydrogen-bond acceptors (Lipinski definition) is 4. The summed E-state index contributed by atoms with van der Waals surface area (Å²) in [5.74, 6) is 0.649. The molecular formula is C13H15N3O. The molecule has 4 heteroatoms. The number of nitrogens with zero attached hydrogens (tertiary/aromatic N) is 2. The van der Waals surface area contributed by atoms with Gasteiger partial charge in [0.15, 0.2) is 0 Å². The Morgan fingerprint density at radius 1 is 1.29 bits per heavy atom. The van der Waals surface area contributed by atoms with Crippen molar-refractivity contribution in [2.24, 2.45) is 0 Å². The van der Waals surface area contributed by atoms with E-state index in [1.54, 1.807) is 0 Å². The molecule has 0 radical (unpaired) electrons. The number of rotatable bonds is 4. The van der Waals surface area contributed by atoms with Gasteiger partial charge in [-0.25, -0.2) is 0 Å². The molecule has 1 N–H and O–H groups in total. The number of benzene rings is 1. The molecule has 0 spiro atoms. The summed E-state index contributed by atoms with van der Waals surface area (Å²) >= 11 is 0. The van der Waals surface area contributed by atoms with Crippen LogP contribution < -0.4 is 5.32 Å². The minimum Gasteiger partial charge on any atom is -0.335 e. The number of aryl methyl sites for hydroxylation is 1. The van der Waals surface area contributed by atoms with Crippen molar-refractivity contribution in [3.8, 4) is 11.4 Å². The van der Waals surface area contributed by atoms with Crippen molar-refractivity contribution in [1.82, 2.24) is 10.1 Å². The number of hydrogen-bond donors (Lipinski definition) is 1. The summed E-state index contributed by atoms with van der Waals surface area (Å²) in [6, 6.07) is 9.32. The van der Waals surface area contributed by atoms with Crippen LogP contribution in [-0.4, -0.2) is 16.2 Å². The lowest BCUT2D eigenvalue weighted by Gasteiger charge is -1.97. The minimum atomic E-state index is 0.530. The van der Waals surface area contributed by atoms with Crippen LogP contribution in [0.2, 0.25) is 0 Å². The van der Waals surface area contributed by atoms with E-state index in [0.717, 1.165) is 12.0 Å². The summed E-state index contributed by atoms with van der Waals surface area (Å²) in [5, 5.41) is 7.16. The number of aromatic nitrogens is 2. The predicted molar refractivity (Wildman–Crippen MR) is 65.8 cm³/mol. The molecule has 1 aromatic carbocycles. The van der Waals surface area contributed by atoms with Gasteiger partial charge in [-0.3, -0.25) is 0 Å². The van der Waals surface area contributed by atoms with Gasteiger partial charge in [-0.05, 0) is 24.8 Å². The first-order valence-electron chi connectivity index (χ1n) is 6.04. The lowest BCUT2D eigenvalue weighted by Crippen LogP contribution is -2.00. The van der Waals surface area contributed by atoms with Gasteiger partial charge in [0.05, 0.1) is 0 Å². The summed E-state index contributed by atoms with van der Waals surface area (Å²) in [7, 11) is 0. The quantitative estimate of drug-likeness (QED) is 0.875. The van der Waals surface area contributed by atoms with Gasteiger partial charge in [-0.1, -0.05) is 36.3 Å². The summed E-state index contributed by atoms with van der Waals surface area (Å²) in [5.41, 5.74) is 2.31. The van der Waals surface area contributed by atoms with Crippen LogP contribution in [0, 0.1) is 0 Å². The highest BCUT2D eigenvalue weighted by Crippen LogP contribution is 2.25. The zero-order chi connectivity index (χ0) is 11.7. The van der Waals surface area contributed by atoms with Gasteiger partial charge in [0.1, 0.15) is 0 Å². The van der Waals surface area contributed by atoms with Gasteiger partial charge in [-0.2, -0.15) is 4.98 Å². The Morgan fingerprint density at radius 2 is 2.06 bits per heavy atom. The van der Waals surface area contributed by atoms with Crippen molar-refractivity contribution >= 4 is 6.01 Å². The molecule has 0 amide bonds. The van der Waals surface area contributed by atoms with Crippen LogP contribution in [0.5, 0.6) is 0 Å². The van der Waals surface area contributed by atoms with Gasteiger partial charge in [0, 0.05) is 11.6 Å². The second kappa shape index (κ2) is 4.20. The van der Waals surface area contributed by atoms with Crippen LogP contribution >= 0.6 is 0 Å². The SMILES string of the molecule is CCc1ccc(-c2noc(NC3CC3)n2)cc1. The highest BCUT2D eigenvalue weighted by molar-refractivity contribution is 5.56. The van der Waals surface area contributed by atoms with Crippen molar-refractivity contribution in [1.29, 1.82) is 0 Å². The smallest absolute Gasteiger partial charge is 0.322 e. The van der Waals surface area contributed by atoms with E-state index in [1.165, 1.54) is 18.4 Å². The Balaban J connectivity index is 1.79. The van der Waals surface area contributed by atoms with Gasteiger partial charge < -0.3 is 9.84 Å². The molecule has 1 saturated carbocycles. The van der Waals surface area contributed by atoms with E-state index in [2.05, 4.69) is 34.5 Å². The van der Waals surface area contributed by atoms with Gasteiger partial charge in [0.25, 0.3) is 0 Å². The molecule has 1 aliphatic rings. The molecule has 2 aromatic rings. The Morgan fingerprint density at radius 3 is 2.71 bits per heavy atom. The normalized spacial score (nSPS) is 14.9. The minimum absolute atomic E-state index is 0.530. The third-order valence-corrected chi connectivity index (χ3v) is 2.95. The Hall–Kier alpha value is -1.84. The molecule has 4 nitrogen and oxygen atoms in total. The van der Waals surface area contributed by atoms with Crippen LogP contribution in [0.1, 0.15) is 25.3 Å². The second-order valence-electron chi connectivity index (χ2n) is 4.39. The Bertz CT molecular complexity index is 500. The molecule has 1 aliphatic carbocycles. The highest BCUT2D eigenvalue weighted by atomic mass is 16.5. The van der Waals surface area contributed by atoms with E-state index in [9.17, 15) is 0 Å². The molecule has 1 fully saturated rings. The fourth-order valence-corrected chi connectivity index (χ4v) is 1.69. The van der Waals surface area contributed by atoms with Crippen LogP contribution in [0.4, 0.5) is 6.01 Å². The summed E-state index contributed by atoms with van der Waals surface area (Å²) in [6.07, 6.45) is 3.44. The molecule has 88 valence electrons. The lowest BCUT2D eigenvalue weighted by molar-refractivity contribution is 0.432. The summed E-state index contributed by atoms with van der Waals surface area (Å²) in [4.78, 5) is 4.33. The number of anilines is 1. The zero-order valence-corrected chi connectivity index (χ0v) is 9.81. The average molecular weight is 229 g/mol. The third-order valence-electron chi connectivity index (χ3n) is 2.95. The number of nitrogens with one attached hydrogen (secondary N) is 1.